The molecule has 0 spiro atoms. The summed E-state index contributed by atoms with van der Waals surface area (Å²) in [6, 6.07) is 2.13. The van der Waals surface area contributed by atoms with Crippen LogP contribution in [0, 0.1) is 6.92 Å². The maximum absolute atomic E-state index is 10.7. The van der Waals surface area contributed by atoms with E-state index in [0.29, 0.717) is 24.4 Å². The highest BCUT2D eigenvalue weighted by atomic mass is 16.5. The van der Waals surface area contributed by atoms with Gasteiger partial charge in [-0.05, 0) is 19.8 Å². The predicted molar refractivity (Wildman–Crippen MR) is 65.9 cm³/mol. The number of aliphatic carboxylic acids is 1. The molecule has 1 aromatic rings. The molecular weight excluding hydrogens is 234 g/mol. The van der Waals surface area contributed by atoms with Gasteiger partial charge in [0.2, 0.25) is 11.8 Å². The van der Waals surface area contributed by atoms with Gasteiger partial charge in [-0.2, -0.15) is 4.98 Å². The van der Waals surface area contributed by atoms with Gasteiger partial charge in [0.1, 0.15) is 0 Å². The molecule has 6 nitrogen and oxygen atoms in total. The predicted octanol–water partition coefficient (Wildman–Crippen LogP) is 1.24. The second-order valence-electron chi connectivity index (χ2n) is 4.42. The van der Waals surface area contributed by atoms with Gasteiger partial charge in [-0.1, -0.05) is 0 Å². The molecule has 0 saturated heterocycles. The number of aromatic nitrogens is 2. The smallest absolute Gasteiger partial charge is 0.305 e. The van der Waals surface area contributed by atoms with Crippen molar-refractivity contribution in [2.45, 2.75) is 32.2 Å². The number of rotatable bonds is 6. The molecule has 0 aromatic carbocycles. The standard InChI is InChI=1S/C12H17N3O3/c1-8-7-10(18-2)14-12(13-8)15(9-3-4-9)6-5-11(16)17/h7,9H,3-6H2,1-2H3,(H,16,17). The summed E-state index contributed by atoms with van der Waals surface area (Å²) in [6.07, 6.45) is 2.23. The molecule has 0 aliphatic heterocycles. The Hall–Kier alpha value is -1.85. The molecule has 0 radical (unpaired) electrons. The molecule has 6 heteroatoms. The molecule has 0 unspecified atom stereocenters. The average Bonchev–Trinajstić information content (AvgIpc) is 3.12. The van der Waals surface area contributed by atoms with Gasteiger partial charge in [-0.3, -0.25) is 4.79 Å². The van der Waals surface area contributed by atoms with E-state index in [2.05, 4.69) is 9.97 Å². The fourth-order valence-corrected chi connectivity index (χ4v) is 1.81. The Labute approximate surface area is 106 Å². The first-order chi connectivity index (χ1) is 8.60. The minimum Gasteiger partial charge on any atom is -0.481 e. The number of carbonyl (C=O) groups is 1. The third kappa shape index (κ3) is 3.09. The monoisotopic (exact) mass is 251 g/mol. The number of hydrogen-bond acceptors (Lipinski definition) is 5. The number of aryl methyl sites for hydroxylation is 1. The first kappa shape index (κ1) is 12.6. The van der Waals surface area contributed by atoms with E-state index in [1.807, 2.05) is 11.8 Å². The first-order valence-electron chi connectivity index (χ1n) is 5.98. The van der Waals surface area contributed by atoms with Crippen molar-refractivity contribution < 1.29 is 14.6 Å². The van der Waals surface area contributed by atoms with E-state index in [1.54, 1.807) is 13.2 Å². The van der Waals surface area contributed by atoms with Crippen LogP contribution in [0.1, 0.15) is 25.0 Å². The lowest BCUT2D eigenvalue weighted by atomic mass is 10.3. The SMILES string of the molecule is COc1cc(C)nc(N(CCC(=O)O)C2CC2)n1. The third-order valence-electron chi connectivity index (χ3n) is 2.84. The molecule has 98 valence electrons. The fourth-order valence-electron chi connectivity index (χ4n) is 1.81. The van der Waals surface area contributed by atoms with E-state index < -0.39 is 5.97 Å². The maximum Gasteiger partial charge on any atom is 0.305 e. The van der Waals surface area contributed by atoms with Crippen molar-refractivity contribution >= 4 is 11.9 Å². The van der Waals surface area contributed by atoms with Crippen LogP contribution in [0.25, 0.3) is 0 Å². The number of hydrogen-bond donors (Lipinski definition) is 1. The lowest BCUT2D eigenvalue weighted by molar-refractivity contribution is -0.136. The van der Waals surface area contributed by atoms with Crippen LogP contribution in [0.3, 0.4) is 0 Å². The topological polar surface area (TPSA) is 75.5 Å². The molecular formula is C12H17N3O3. The third-order valence-corrected chi connectivity index (χ3v) is 2.84. The normalized spacial score (nSPS) is 14.3. The molecule has 2 rings (SSSR count). The number of anilines is 1. The van der Waals surface area contributed by atoms with Gasteiger partial charge in [-0.15, -0.1) is 0 Å². The van der Waals surface area contributed by atoms with Crippen molar-refractivity contribution in [3.63, 3.8) is 0 Å². The summed E-state index contributed by atoms with van der Waals surface area (Å²) in [6.45, 7) is 2.31. The van der Waals surface area contributed by atoms with Crippen LogP contribution >= 0.6 is 0 Å². The van der Waals surface area contributed by atoms with Gasteiger partial charge < -0.3 is 14.7 Å². The van der Waals surface area contributed by atoms with Crippen LogP contribution in [0.15, 0.2) is 6.07 Å². The summed E-state index contributed by atoms with van der Waals surface area (Å²) in [5, 5.41) is 8.77. The molecule has 1 aliphatic rings. The van der Waals surface area contributed by atoms with E-state index in [1.165, 1.54) is 0 Å². The molecule has 1 aliphatic carbocycles. The first-order valence-corrected chi connectivity index (χ1v) is 5.98. The number of methoxy groups -OCH3 is 1. The summed E-state index contributed by atoms with van der Waals surface area (Å²) < 4.78 is 5.12. The Balaban J connectivity index is 2.18. The highest BCUT2D eigenvalue weighted by molar-refractivity contribution is 5.67. The quantitative estimate of drug-likeness (QED) is 0.819. The van der Waals surface area contributed by atoms with Crippen molar-refractivity contribution in [1.82, 2.24) is 9.97 Å². The average molecular weight is 251 g/mol. The molecule has 1 N–H and O–H groups in total. The number of ether oxygens (including phenoxy) is 1. The minimum atomic E-state index is -0.805. The van der Waals surface area contributed by atoms with E-state index in [9.17, 15) is 4.79 Å². The number of carboxylic acid groups (broad SMARTS) is 1. The van der Waals surface area contributed by atoms with Crippen molar-refractivity contribution in [3.05, 3.63) is 11.8 Å². The molecule has 1 fully saturated rings. The maximum atomic E-state index is 10.7. The largest absolute Gasteiger partial charge is 0.481 e. The summed E-state index contributed by atoms with van der Waals surface area (Å²) in [7, 11) is 1.56. The molecule has 0 bridgehead atoms. The fraction of sp³-hybridized carbons (Fsp3) is 0.583. The second-order valence-corrected chi connectivity index (χ2v) is 4.42. The Bertz CT molecular complexity index is 446. The van der Waals surface area contributed by atoms with Gasteiger partial charge in [0, 0.05) is 24.3 Å². The number of carboxylic acids is 1. The summed E-state index contributed by atoms with van der Waals surface area (Å²) in [5.74, 6) is 0.273. The van der Waals surface area contributed by atoms with Gasteiger partial charge in [0.25, 0.3) is 0 Å². The highest BCUT2D eigenvalue weighted by Crippen LogP contribution is 2.30. The van der Waals surface area contributed by atoms with Crippen molar-refractivity contribution in [1.29, 1.82) is 0 Å². The van der Waals surface area contributed by atoms with Gasteiger partial charge in [-0.25, -0.2) is 4.98 Å². The van der Waals surface area contributed by atoms with Crippen LogP contribution in [-0.4, -0.2) is 40.7 Å². The van der Waals surface area contributed by atoms with Gasteiger partial charge >= 0.3 is 5.97 Å². The van der Waals surface area contributed by atoms with E-state index >= 15 is 0 Å². The van der Waals surface area contributed by atoms with Crippen LogP contribution in [0.4, 0.5) is 5.95 Å². The molecule has 1 heterocycles. The zero-order valence-electron chi connectivity index (χ0n) is 10.6. The second kappa shape index (κ2) is 5.20. The molecule has 18 heavy (non-hydrogen) atoms. The van der Waals surface area contributed by atoms with Gasteiger partial charge in [0.15, 0.2) is 0 Å². The molecule has 0 amide bonds. The lowest BCUT2D eigenvalue weighted by Gasteiger charge is -2.22. The van der Waals surface area contributed by atoms with E-state index in [0.717, 1.165) is 18.5 Å². The molecule has 0 atom stereocenters. The van der Waals surface area contributed by atoms with Crippen molar-refractivity contribution in [3.8, 4) is 5.88 Å². The van der Waals surface area contributed by atoms with Crippen LogP contribution in [0.5, 0.6) is 5.88 Å². The molecule has 1 saturated carbocycles. The molecule has 1 aromatic heterocycles. The Kier molecular flexibility index (Phi) is 3.64. The zero-order valence-corrected chi connectivity index (χ0v) is 10.6. The van der Waals surface area contributed by atoms with Crippen molar-refractivity contribution in [2.75, 3.05) is 18.6 Å². The summed E-state index contributed by atoms with van der Waals surface area (Å²) in [5.41, 5.74) is 0.817. The Morgan fingerprint density at radius 3 is 2.83 bits per heavy atom. The van der Waals surface area contributed by atoms with Crippen LogP contribution < -0.4 is 9.64 Å². The van der Waals surface area contributed by atoms with Crippen LogP contribution in [-0.2, 0) is 4.79 Å². The van der Waals surface area contributed by atoms with Crippen molar-refractivity contribution in [2.24, 2.45) is 0 Å². The van der Waals surface area contributed by atoms with Crippen LogP contribution in [0.2, 0.25) is 0 Å². The lowest BCUT2D eigenvalue weighted by Crippen LogP contribution is -2.30. The van der Waals surface area contributed by atoms with E-state index in [4.69, 9.17) is 9.84 Å². The summed E-state index contributed by atoms with van der Waals surface area (Å²) in [4.78, 5) is 21.3. The van der Waals surface area contributed by atoms with E-state index in [-0.39, 0.29) is 6.42 Å². The highest BCUT2D eigenvalue weighted by Gasteiger charge is 2.31. The Morgan fingerprint density at radius 1 is 1.56 bits per heavy atom. The zero-order chi connectivity index (χ0) is 13.1. The minimum absolute atomic E-state index is 0.0934. The van der Waals surface area contributed by atoms with Gasteiger partial charge in [0.05, 0.1) is 13.5 Å². The summed E-state index contributed by atoms with van der Waals surface area (Å²) >= 11 is 0. The Morgan fingerprint density at radius 2 is 2.28 bits per heavy atom. The number of nitrogens with zero attached hydrogens (tertiary/aromatic N) is 3.